The summed E-state index contributed by atoms with van der Waals surface area (Å²) in [5.74, 6) is -1.19. The van der Waals surface area contributed by atoms with Gasteiger partial charge in [-0.25, -0.2) is 18.4 Å². The molecule has 0 radical (unpaired) electrons. The number of aliphatic carboxylic acids is 1. The first-order valence-electron chi connectivity index (χ1n) is 5.13. The summed E-state index contributed by atoms with van der Waals surface area (Å²) in [7, 11) is -3.86. The molecular formula is C10H13N3O5S. The number of primary sulfonamides is 1. The first-order valence-corrected chi connectivity index (χ1v) is 6.68. The van der Waals surface area contributed by atoms with Crippen LogP contribution in [0.5, 0.6) is 0 Å². The largest absolute Gasteiger partial charge is 0.480 e. The van der Waals surface area contributed by atoms with Crippen LogP contribution in [0.4, 0.5) is 10.5 Å². The van der Waals surface area contributed by atoms with Crippen LogP contribution in [0.1, 0.15) is 6.92 Å². The lowest BCUT2D eigenvalue weighted by Gasteiger charge is -2.11. The Hall–Kier alpha value is -2.13. The maximum Gasteiger partial charge on any atom is 0.325 e. The van der Waals surface area contributed by atoms with E-state index in [1.165, 1.54) is 31.2 Å². The van der Waals surface area contributed by atoms with Crippen LogP contribution in [0.25, 0.3) is 0 Å². The molecule has 1 atom stereocenters. The van der Waals surface area contributed by atoms with Crippen molar-refractivity contribution in [2.75, 3.05) is 5.32 Å². The number of nitrogens with one attached hydrogen (secondary N) is 2. The molecule has 9 heteroatoms. The second-order valence-electron chi connectivity index (χ2n) is 3.73. The summed E-state index contributed by atoms with van der Waals surface area (Å²) in [5, 5.41) is 18.0. The van der Waals surface area contributed by atoms with E-state index in [1.54, 1.807) is 0 Å². The third kappa shape index (κ3) is 4.56. The average Bonchev–Trinajstić information content (AvgIpc) is 2.27. The molecule has 0 unspecified atom stereocenters. The minimum Gasteiger partial charge on any atom is -0.480 e. The van der Waals surface area contributed by atoms with E-state index < -0.39 is 28.1 Å². The van der Waals surface area contributed by atoms with Gasteiger partial charge in [0.15, 0.2) is 0 Å². The zero-order valence-corrected chi connectivity index (χ0v) is 10.8. The molecule has 5 N–H and O–H groups in total. The average molecular weight is 287 g/mol. The van der Waals surface area contributed by atoms with Crippen LogP contribution in [0.2, 0.25) is 0 Å². The molecule has 8 nitrogen and oxygen atoms in total. The molecule has 0 aliphatic carbocycles. The predicted molar refractivity (Wildman–Crippen MR) is 67.1 cm³/mol. The molecule has 0 heterocycles. The van der Waals surface area contributed by atoms with Crippen LogP contribution < -0.4 is 15.8 Å². The van der Waals surface area contributed by atoms with Gasteiger partial charge in [-0.3, -0.25) is 4.79 Å². The highest BCUT2D eigenvalue weighted by atomic mass is 32.2. The number of benzene rings is 1. The third-order valence-electron chi connectivity index (χ3n) is 2.14. The van der Waals surface area contributed by atoms with E-state index in [9.17, 15) is 18.0 Å². The summed E-state index contributed by atoms with van der Waals surface area (Å²) in [4.78, 5) is 21.8. The number of carbonyl (C=O) groups excluding carboxylic acids is 1. The number of hydrogen-bond donors (Lipinski definition) is 4. The van der Waals surface area contributed by atoms with E-state index in [-0.39, 0.29) is 10.6 Å². The van der Waals surface area contributed by atoms with Gasteiger partial charge in [0.25, 0.3) is 0 Å². The molecule has 0 saturated heterocycles. The molecule has 1 rings (SSSR count). The first-order chi connectivity index (χ1) is 8.70. The molecule has 0 fully saturated rings. The predicted octanol–water partition coefficient (Wildman–Crippen LogP) is -0.0714. The highest BCUT2D eigenvalue weighted by molar-refractivity contribution is 7.89. The summed E-state index contributed by atoms with van der Waals surface area (Å²) in [6.45, 7) is 1.29. The van der Waals surface area contributed by atoms with E-state index in [0.29, 0.717) is 0 Å². The number of amides is 2. The summed E-state index contributed by atoms with van der Waals surface area (Å²) < 4.78 is 22.2. The summed E-state index contributed by atoms with van der Waals surface area (Å²) in [6.07, 6.45) is 0. The summed E-state index contributed by atoms with van der Waals surface area (Å²) in [6, 6.07) is 3.46. The number of sulfonamides is 1. The summed E-state index contributed by atoms with van der Waals surface area (Å²) >= 11 is 0. The van der Waals surface area contributed by atoms with Gasteiger partial charge in [0.05, 0.1) is 4.90 Å². The Morgan fingerprint density at radius 1 is 1.37 bits per heavy atom. The maximum atomic E-state index is 11.4. The molecule has 1 aromatic carbocycles. The Kier molecular flexibility index (Phi) is 4.46. The molecule has 0 spiro atoms. The molecule has 2 amide bonds. The van der Waals surface area contributed by atoms with Gasteiger partial charge < -0.3 is 15.7 Å². The van der Waals surface area contributed by atoms with Crippen LogP contribution in [0, 0.1) is 0 Å². The summed E-state index contributed by atoms with van der Waals surface area (Å²) in [5.41, 5.74) is 0.182. The van der Waals surface area contributed by atoms with Crippen LogP contribution in [-0.2, 0) is 14.8 Å². The monoisotopic (exact) mass is 287 g/mol. The lowest BCUT2D eigenvalue weighted by atomic mass is 10.3. The van der Waals surface area contributed by atoms with Crippen molar-refractivity contribution >= 4 is 27.7 Å². The van der Waals surface area contributed by atoms with Crippen LogP contribution in [-0.4, -0.2) is 31.6 Å². The number of hydrogen-bond acceptors (Lipinski definition) is 4. The normalized spacial score (nSPS) is 12.5. The number of carboxylic acid groups (broad SMARTS) is 1. The zero-order chi connectivity index (χ0) is 14.6. The van der Waals surface area contributed by atoms with Gasteiger partial charge in [-0.05, 0) is 25.1 Å². The number of nitrogens with two attached hydrogens (primary N) is 1. The molecule has 1 aromatic rings. The Bertz CT molecular complexity index is 599. The van der Waals surface area contributed by atoms with Crippen molar-refractivity contribution < 1.29 is 23.1 Å². The van der Waals surface area contributed by atoms with Gasteiger partial charge in [0.2, 0.25) is 10.0 Å². The molecule has 104 valence electrons. The number of rotatable bonds is 4. The molecule has 0 aromatic heterocycles. The number of urea groups is 1. The Balaban J connectivity index is 2.78. The van der Waals surface area contributed by atoms with E-state index in [4.69, 9.17) is 10.2 Å². The van der Waals surface area contributed by atoms with Crippen LogP contribution in [0.3, 0.4) is 0 Å². The minimum atomic E-state index is -3.86. The molecular weight excluding hydrogens is 274 g/mol. The second kappa shape index (κ2) is 5.67. The van der Waals surface area contributed by atoms with E-state index in [2.05, 4.69) is 10.6 Å². The molecule has 0 saturated carbocycles. The standard InChI is InChI=1S/C10H13N3O5S/c1-6(9(14)15)12-10(16)13-7-3-2-4-8(5-7)19(11,17)18/h2-6H,1H3,(H,14,15)(H2,11,17,18)(H2,12,13,16)/t6-/m1/s1. The topological polar surface area (TPSA) is 139 Å². The van der Waals surface area contributed by atoms with Crippen molar-refractivity contribution in [1.82, 2.24) is 5.32 Å². The Morgan fingerprint density at radius 3 is 2.53 bits per heavy atom. The van der Waals surface area contributed by atoms with Crippen LogP contribution in [0.15, 0.2) is 29.2 Å². The third-order valence-corrected chi connectivity index (χ3v) is 3.05. The number of anilines is 1. The fraction of sp³-hybridized carbons (Fsp3) is 0.200. The van der Waals surface area contributed by atoms with E-state index >= 15 is 0 Å². The molecule has 0 aliphatic rings. The Morgan fingerprint density at radius 2 is 2.00 bits per heavy atom. The highest BCUT2D eigenvalue weighted by Gasteiger charge is 2.14. The van der Waals surface area contributed by atoms with Gasteiger partial charge in [-0.2, -0.15) is 0 Å². The van der Waals surface area contributed by atoms with Crippen molar-refractivity contribution in [1.29, 1.82) is 0 Å². The fourth-order valence-electron chi connectivity index (χ4n) is 1.18. The van der Waals surface area contributed by atoms with Crippen molar-refractivity contribution in [2.45, 2.75) is 17.9 Å². The minimum absolute atomic E-state index is 0.156. The second-order valence-corrected chi connectivity index (χ2v) is 5.29. The molecule has 0 aliphatic heterocycles. The Labute approximate surface area is 109 Å². The van der Waals surface area contributed by atoms with Gasteiger partial charge in [-0.15, -0.1) is 0 Å². The quantitative estimate of drug-likeness (QED) is 0.614. The zero-order valence-electron chi connectivity index (χ0n) is 9.95. The fourth-order valence-corrected chi connectivity index (χ4v) is 1.74. The maximum absolute atomic E-state index is 11.4. The van der Waals surface area contributed by atoms with Crippen molar-refractivity contribution in [3.05, 3.63) is 24.3 Å². The molecule has 19 heavy (non-hydrogen) atoms. The van der Waals surface area contributed by atoms with Gasteiger partial charge >= 0.3 is 12.0 Å². The van der Waals surface area contributed by atoms with E-state index in [1.807, 2.05) is 0 Å². The van der Waals surface area contributed by atoms with E-state index in [0.717, 1.165) is 0 Å². The van der Waals surface area contributed by atoms with Crippen molar-refractivity contribution in [2.24, 2.45) is 5.14 Å². The number of carboxylic acids is 1. The number of carbonyl (C=O) groups is 2. The lowest BCUT2D eigenvalue weighted by molar-refractivity contribution is -0.138. The van der Waals surface area contributed by atoms with Crippen LogP contribution >= 0.6 is 0 Å². The van der Waals surface area contributed by atoms with Crippen molar-refractivity contribution in [3.8, 4) is 0 Å². The van der Waals surface area contributed by atoms with Crippen molar-refractivity contribution in [3.63, 3.8) is 0 Å². The highest BCUT2D eigenvalue weighted by Crippen LogP contribution is 2.13. The van der Waals surface area contributed by atoms with Gasteiger partial charge in [0.1, 0.15) is 6.04 Å². The lowest BCUT2D eigenvalue weighted by Crippen LogP contribution is -2.40. The first kappa shape index (κ1) is 14.9. The molecule has 0 bridgehead atoms. The van der Waals surface area contributed by atoms with Gasteiger partial charge in [0, 0.05) is 5.69 Å². The SMILES string of the molecule is C[C@@H](NC(=O)Nc1cccc(S(N)(=O)=O)c1)C(=O)O. The van der Waals surface area contributed by atoms with Gasteiger partial charge in [-0.1, -0.05) is 6.07 Å². The smallest absolute Gasteiger partial charge is 0.325 e.